The van der Waals surface area contributed by atoms with Gasteiger partial charge in [-0.1, -0.05) is 33.8 Å². The van der Waals surface area contributed by atoms with E-state index in [-0.39, 0.29) is 11.9 Å². The molecule has 7 heteroatoms. The number of nitrogens with zero attached hydrogens (tertiary/aromatic N) is 3. The molecule has 0 saturated heterocycles. The average molecular weight is 509 g/mol. The number of hydrogen-bond acceptors (Lipinski definition) is 5. The van der Waals surface area contributed by atoms with Gasteiger partial charge in [0.15, 0.2) is 0 Å². The second kappa shape index (κ2) is 11.0. The maximum Gasteiger partial charge on any atom is 0.251 e. The number of fused-ring (bicyclic) bond motifs is 1. The van der Waals surface area contributed by atoms with Crippen LogP contribution in [0.1, 0.15) is 95.7 Å². The molecular formula is C28H36N4OS2. The normalized spacial score (nSPS) is 12.7. The molecule has 4 rings (SSSR count). The van der Waals surface area contributed by atoms with Crippen LogP contribution in [0.2, 0.25) is 0 Å². The summed E-state index contributed by atoms with van der Waals surface area (Å²) in [5.41, 5.74) is 3.68. The maximum absolute atomic E-state index is 13.4. The van der Waals surface area contributed by atoms with Crippen LogP contribution in [0, 0.1) is 19.8 Å². The lowest BCUT2D eigenvalue weighted by Gasteiger charge is -2.19. The number of carbonyl (C=O) groups excluding carboxylic acids is 1. The Balaban J connectivity index is 1.66. The molecule has 3 heterocycles. The smallest absolute Gasteiger partial charge is 0.251 e. The van der Waals surface area contributed by atoms with Crippen molar-refractivity contribution in [2.45, 2.75) is 79.3 Å². The third kappa shape index (κ3) is 5.67. The Morgan fingerprint density at radius 1 is 1.11 bits per heavy atom. The van der Waals surface area contributed by atoms with E-state index in [1.54, 1.807) is 22.7 Å². The maximum atomic E-state index is 13.4. The molecule has 3 aromatic heterocycles. The molecule has 0 radical (unpaired) electrons. The summed E-state index contributed by atoms with van der Waals surface area (Å²) in [6, 6.07) is 10.5. The van der Waals surface area contributed by atoms with Gasteiger partial charge in [0, 0.05) is 27.8 Å². The zero-order chi connectivity index (χ0) is 25.1. The predicted octanol–water partition coefficient (Wildman–Crippen LogP) is 7.64. The van der Waals surface area contributed by atoms with E-state index in [4.69, 9.17) is 9.97 Å². The van der Waals surface area contributed by atoms with E-state index in [1.165, 1.54) is 9.75 Å². The molecular weight excluding hydrogens is 472 g/mol. The van der Waals surface area contributed by atoms with Gasteiger partial charge in [0.25, 0.3) is 5.91 Å². The molecule has 4 aromatic rings. The Bertz CT molecular complexity index is 1260. The highest BCUT2D eigenvalue weighted by atomic mass is 32.1. The number of aryl methyl sites for hydroxylation is 2. The second-order valence-electron chi connectivity index (χ2n) is 9.68. The first-order chi connectivity index (χ1) is 16.8. The zero-order valence-electron chi connectivity index (χ0n) is 21.6. The summed E-state index contributed by atoms with van der Waals surface area (Å²) in [4.78, 5) is 25.6. The largest absolute Gasteiger partial charge is 0.343 e. The molecule has 1 atom stereocenters. The summed E-state index contributed by atoms with van der Waals surface area (Å²) in [5.74, 6) is 1.45. The van der Waals surface area contributed by atoms with Gasteiger partial charge in [-0.3, -0.25) is 4.79 Å². The van der Waals surface area contributed by atoms with E-state index in [9.17, 15) is 4.79 Å². The molecule has 0 aliphatic heterocycles. The topological polar surface area (TPSA) is 59.8 Å². The lowest BCUT2D eigenvalue weighted by Crippen LogP contribution is -2.29. The molecule has 0 aliphatic carbocycles. The lowest BCUT2D eigenvalue weighted by atomic mass is 10.0. The second-order valence-corrected chi connectivity index (χ2v) is 11.9. The zero-order valence-corrected chi connectivity index (χ0v) is 23.2. The number of nitrogens with one attached hydrogen (secondary N) is 1. The Kier molecular flexibility index (Phi) is 8.07. The van der Waals surface area contributed by atoms with Gasteiger partial charge in [-0.2, -0.15) is 0 Å². The summed E-state index contributed by atoms with van der Waals surface area (Å²) in [6.45, 7) is 12.9. The first-order valence-electron chi connectivity index (χ1n) is 12.6. The number of thiophene rings is 1. The van der Waals surface area contributed by atoms with Crippen LogP contribution in [-0.4, -0.2) is 20.4 Å². The fourth-order valence-corrected chi connectivity index (χ4v) is 6.31. The first-order valence-corrected chi connectivity index (χ1v) is 14.3. The van der Waals surface area contributed by atoms with Crippen molar-refractivity contribution in [2.24, 2.45) is 5.92 Å². The third-order valence-electron chi connectivity index (χ3n) is 6.60. The Labute approximate surface area is 216 Å². The molecule has 35 heavy (non-hydrogen) atoms. The van der Waals surface area contributed by atoms with Crippen LogP contribution in [0.25, 0.3) is 11.0 Å². The number of amides is 1. The monoisotopic (exact) mass is 508 g/mol. The van der Waals surface area contributed by atoms with Crippen LogP contribution >= 0.6 is 22.7 Å². The Morgan fingerprint density at radius 2 is 1.89 bits per heavy atom. The molecule has 5 nitrogen and oxygen atoms in total. The molecule has 1 aromatic carbocycles. The van der Waals surface area contributed by atoms with E-state index in [0.717, 1.165) is 53.2 Å². The Morgan fingerprint density at radius 3 is 2.49 bits per heavy atom. The quantitative estimate of drug-likeness (QED) is 0.239. The standard InChI is InChI=1S/C28H36N4OS2/c1-7-21(8-2)32-25-12-11-20(15-23(25)30-26(32)16-22-10-9-13-34-22)27(33)31-24(14-17(3)4)28-29-18(5)19(6)35-28/h9-13,15,17,21,24H,7-8,14,16H2,1-6H3,(H,31,33). The summed E-state index contributed by atoms with van der Waals surface area (Å²) in [7, 11) is 0. The van der Waals surface area contributed by atoms with Crippen molar-refractivity contribution < 1.29 is 4.79 Å². The number of aromatic nitrogens is 3. The van der Waals surface area contributed by atoms with E-state index in [0.29, 0.717) is 17.5 Å². The van der Waals surface area contributed by atoms with Crippen LogP contribution in [0.4, 0.5) is 0 Å². The summed E-state index contributed by atoms with van der Waals surface area (Å²) >= 11 is 3.44. The van der Waals surface area contributed by atoms with Crippen molar-refractivity contribution in [1.29, 1.82) is 0 Å². The average Bonchev–Trinajstić information content (AvgIpc) is 3.54. The van der Waals surface area contributed by atoms with Crippen LogP contribution in [0.5, 0.6) is 0 Å². The third-order valence-corrected chi connectivity index (χ3v) is 8.66. The predicted molar refractivity (Wildman–Crippen MR) is 148 cm³/mol. The van der Waals surface area contributed by atoms with Crippen LogP contribution in [0.3, 0.4) is 0 Å². The molecule has 1 amide bonds. The first kappa shape index (κ1) is 25.6. The number of carbonyl (C=O) groups is 1. The van der Waals surface area contributed by atoms with Crippen molar-refractivity contribution in [1.82, 2.24) is 19.9 Å². The number of thiazole rings is 1. The molecule has 186 valence electrons. The molecule has 0 bridgehead atoms. The SMILES string of the molecule is CCC(CC)n1c(Cc2cccs2)nc2cc(C(=O)NC(CC(C)C)c3nc(C)c(C)s3)ccc21. The van der Waals surface area contributed by atoms with Crippen LogP contribution < -0.4 is 5.32 Å². The highest BCUT2D eigenvalue weighted by Gasteiger charge is 2.23. The lowest BCUT2D eigenvalue weighted by molar-refractivity contribution is 0.0932. The van der Waals surface area contributed by atoms with Gasteiger partial charge in [-0.05, 0) is 68.7 Å². The van der Waals surface area contributed by atoms with Crippen LogP contribution in [-0.2, 0) is 6.42 Å². The fraction of sp³-hybridized carbons (Fsp3) is 0.464. The highest BCUT2D eigenvalue weighted by molar-refractivity contribution is 7.11. The van der Waals surface area contributed by atoms with Gasteiger partial charge < -0.3 is 9.88 Å². The highest BCUT2D eigenvalue weighted by Crippen LogP contribution is 2.30. The Hall–Kier alpha value is -2.51. The molecule has 0 fully saturated rings. The van der Waals surface area contributed by atoms with Gasteiger partial charge in [-0.25, -0.2) is 9.97 Å². The minimum absolute atomic E-state index is 0.0695. The molecule has 1 unspecified atom stereocenters. The van der Waals surface area contributed by atoms with Gasteiger partial charge in [0.2, 0.25) is 0 Å². The molecule has 0 spiro atoms. The number of rotatable bonds is 10. The van der Waals surface area contributed by atoms with Gasteiger partial charge in [-0.15, -0.1) is 22.7 Å². The molecule has 1 N–H and O–H groups in total. The minimum Gasteiger partial charge on any atom is -0.343 e. The van der Waals surface area contributed by atoms with E-state index >= 15 is 0 Å². The van der Waals surface area contributed by atoms with Gasteiger partial charge in [0.1, 0.15) is 10.8 Å². The van der Waals surface area contributed by atoms with Gasteiger partial charge >= 0.3 is 0 Å². The van der Waals surface area contributed by atoms with Crippen molar-refractivity contribution in [3.8, 4) is 0 Å². The molecule has 0 aliphatic rings. The summed E-state index contributed by atoms with van der Waals surface area (Å²) in [5, 5.41) is 6.36. The van der Waals surface area contributed by atoms with E-state index in [1.807, 2.05) is 19.1 Å². The number of imidazole rings is 1. The van der Waals surface area contributed by atoms with Gasteiger partial charge in [0.05, 0.1) is 22.8 Å². The molecule has 0 saturated carbocycles. The van der Waals surface area contributed by atoms with Crippen molar-refractivity contribution in [3.05, 3.63) is 67.6 Å². The summed E-state index contributed by atoms with van der Waals surface area (Å²) < 4.78 is 2.39. The van der Waals surface area contributed by atoms with E-state index in [2.05, 4.69) is 68.1 Å². The van der Waals surface area contributed by atoms with E-state index < -0.39 is 0 Å². The number of benzene rings is 1. The number of hydrogen-bond donors (Lipinski definition) is 1. The van der Waals surface area contributed by atoms with Crippen LogP contribution in [0.15, 0.2) is 35.7 Å². The summed E-state index contributed by atoms with van der Waals surface area (Å²) in [6.07, 6.45) is 3.76. The van der Waals surface area contributed by atoms with Crippen molar-refractivity contribution in [2.75, 3.05) is 0 Å². The minimum atomic E-state index is -0.0906. The fourth-order valence-electron chi connectivity index (χ4n) is 4.63. The van der Waals surface area contributed by atoms with Crippen molar-refractivity contribution in [3.63, 3.8) is 0 Å². The van der Waals surface area contributed by atoms with Crippen molar-refractivity contribution >= 4 is 39.6 Å².